The van der Waals surface area contributed by atoms with Gasteiger partial charge in [0.2, 0.25) is 0 Å². The van der Waals surface area contributed by atoms with Gasteiger partial charge in [-0.3, -0.25) is 10.2 Å². The number of nitrogens with one attached hydrogen (secondary N) is 1. The molecule has 15 heavy (non-hydrogen) atoms. The molecule has 82 valence electrons. The summed E-state index contributed by atoms with van der Waals surface area (Å²) in [6, 6.07) is 3.13. The fraction of sp³-hybridized carbons (Fsp3) is 0.125. The molecule has 0 aromatic heterocycles. The highest BCUT2D eigenvalue weighted by atomic mass is 79.9. The van der Waals surface area contributed by atoms with Crippen LogP contribution in [0, 0.1) is 0 Å². The molecule has 0 bridgehead atoms. The molecule has 0 atom stereocenters. The molecule has 0 aliphatic carbocycles. The Bertz CT molecular complexity index is 364. The van der Waals surface area contributed by atoms with Crippen molar-refractivity contribution < 1.29 is 9.53 Å². The van der Waals surface area contributed by atoms with Gasteiger partial charge in [-0.25, -0.2) is 5.84 Å². The van der Waals surface area contributed by atoms with E-state index in [-0.39, 0.29) is 6.61 Å². The number of nitrogens with two attached hydrogens (primary N) is 1. The third-order valence-corrected chi connectivity index (χ3v) is 2.56. The Balaban J connectivity index is 2.81. The predicted molar refractivity (Wildman–Crippen MR) is 62.0 cm³/mol. The van der Waals surface area contributed by atoms with E-state index >= 15 is 0 Å². The number of carbonyl (C=O) groups is 1. The maximum absolute atomic E-state index is 10.8. The second-order valence-corrected chi connectivity index (χ2v) is 4.25. The molecular formula is C8H7BrCl2N2O2. The standard InChI is InChI=1S/C8H7BrCl2N2O2/c9-5-1-4(10)2-6(11)8(5)15-3-7(14)13-12/h1-2H,3,12H2,(H,13,14). The molecule has 0 spiro atoms. The first-order chi connectivity index (χ1) is 7.04. The Kier molecular flexibility index (Phi) is 4.66. The summed E-state index contributed by atoms with van der Waals surface area (Å²) in [4.78, 5) is 10.8. The summed E-state index contributed by atoms with van der Waals surface area (Å²) in [5, 5.41) is 0.793. The molecule has 0 unspecified atom stereocenters. The summed E-state index contributed by atoms with van der Waals surface area (Å²) >= 11 is 14.8. The predicted octanol–water partition coefficient (Wildman–Crippen LogP) is 2.12. The van der Waals surface area contributed by atoms with Gasteiger partial charge in [0.25, 0.3) is 5.91 Å². The average Bonchev–Trinajstić information content (AvgIpc) is 2.15. The van der Waals surface area contributed by atoms with Gasteiger partial charge in [0, 0.05) is 5.02 Å². The van der Waals surface area contributed by atoms with Gasteiger partial charge < -0.3 is 4.74 Å². The van der Waals surface area contributed by atoms with E-state index in [1.165, 1.54) is 6.07 Å². The van der Waals surface area contributed by atoms with Crippen LogP contribution in [-0.2, 0) is 4.79 Å². The molecule has 1 aromatic carbocycles. The number of hydrazine groups is 1. The topological polar surface area (TPSA) is 64.3 Å². The third kappa shape index (κ3) is 3.53. The molecule has 7 heteroatoms. The van der Waals surface area contributed by atoms with Crippen molar-refractivity contribution in [1.29, 1.82) is 0 Å². The zero-order valence-corrected chi connectivity index (χ0v) is 10.5. The molecule has 0 aliphatic heterocycles. The lowest BCUT2D eigenvalue weighted by Gasteiger charge is -2.09. The number of amides is 1. The summed E-state index contributed by atoms with van der Waals surface area (Å²) in [6.45, 7) is -0.212. The molecule has 0 radical (unpaired) electrons. The van der Waals surface area contributed by atoms with Crippen molar-refractivity contribution in [2.75, 3.05) is 6.61 Å². The number of ether oxygens (including phenoxy) is 1. The van der Waals surface area contributed by atoms with Crippen LogP contribution >= 0.6 is 39.1 Å². The van der Waals surface area contributed by atoms with Crippen molar-refractivity contribution in [3.8, 4) is 5.75 Å². The van der Waals surface area contributed by atoms with Crippen LogP contribution in [0.4, 0.5) is 0 Å². The average molecular weight is 314 g/mol. The number of hydrogen-bond acceptors (Lipinski definition) is 3. The van der Waals surface area contributed by atoms with Crippen LogP contribution in [0.5, 0.6) is 5.75 Å². The highest BCUT2D eigenvalue weighted by Gasteiger charge is 2.10. The SMILES string of the molecule is NNC(=O)COc1c(Cl)cc(Cl)cc1Br. The van der Waals surface area contributed by atoms with Gasteiger partial charge in [0.1, 0.15) is 0 Å². The molecule has 0 saturated carbocycles. The first-order valence-corrected chi connectivity index (χ1v) is 5.36. The van der Waals surface area contributed by atoms with Crippen molar-refractivity contribution in [1.82, 2.24) is 5.43 Å². The second-order valence-electron chi connectivity index (χ2n) is 2.55. The summed E-state index contributed by atoms with van der Waals surface area (Å²) in [7, 11) is 0. The summed E-state index contributed by atoms with van der Waals surface area (Å²) in [6.07, 6.45) is 0. The van der Waals surface area contributed by atoms with Crippen LogP contribution in [0.15, 0.2) is 16.6 Å². The van der Waals surface area contributed by atoms with E-state index in [9.17, 15) is 4.79 Å². The van der Waals surface area contributed by atoms with E-state index in [0.717, 1.165) is 0 Å². The fourth-order valence-electron chi connectivity index (χ4n) is 0.846. The van der Waals surface area contributed by atoms with Crippen LogP contribution in [0.2, 0.25) is 10.0 Å². The Labute approximate surface area is 105 Å². The summed E-state index contributed by atoms with van der Waals surface area (Å²) in [5.74, 6) is 4.79. The zero-order valence-electron chi connectivity index (χ0n) is 7.39. The van der Waals surface area contributed by atoms with Crippen molar-refractivity contribution in [3.05, 3.63) is 26.7 Å². The molecule has 1 aromatic rings. The molecule has 0 fully saturated rings. The van der Waals surface area contributed by atoms with Crippen molar-refractivity contribution in [2.24, 2.45) is 5.84 Å². The Hall–Kier alpha value is -0.490. The largest absolute Gasteiger partial charge is 0.481 e. The van der Waals surface area contributed by atoms with Gasteiger partial charge in [0.05, 0.1) is 9.50 Å². The van der Waals surface area contributed by atoms with Gasteiger partial charge in [-0.2, -0.15) is 0 Å². The van der Waals surface area contributed by atoms with Gasteiger partial charge in [-0.05, 0) is 28.1 Å². The van der Waals surface area contributed by atoms with Crippen LogP contribution in [0.3, 0.4) is 0 Å². The first-order valence-electron chi connectivity index (χ1n) is 3.81. The van der Waals surface area contributed by atoms with E-state index in [0.29, 0.717) is 20.3 Å². The lowest BCUT2D eigenvalue weighted by molar-refractivity contribution is -0.123. The van der Waals surface area contributed by atoms with Crippen molar-refractivity contribution in [3.63, 3.8) is 0 Å². The smallest absolute Gasteiger partial charge is 0.271 e. The molecule has 4 nitrogen and oxygen atoms in total. The monoisotopic (exact) mass is 312 g/mol. The van der Waals surface area contributed by atoms with Crippen LogP contribution in [0.1, 0.15) is 0 Å². The normalized spacial score (nSPS) is 9.87. The minimum Gasteiger partial charge on any atom is -0.481 e. The van der Waals surface area contributed by atoms with E-state index in [4.69, 9.17) is 33.8 Å². The van der Waals surface area contributed by atoms with Crippen molar-refractivity contribution in [2.45, 2.75) is 0 Å². The number of benzene rings is 1. The lowest BCUT2D eigenvalue weighted by Crippen LogP contribution is -2.34. The minimum absolute atomic E-state index is 0.212. The number of carbonyl (C=O) groups excluding carboxylic acids is 1. The Morgan fingerprint density at radius 3 is 2.73 bits per heavy atom. The maximum atomic E-state index is 10.8. The fourth-order valence-corrected chi connectivity index (χ4v) is 2.21. The van der Waals surface area contributed by atoms with Crippen LogP contribution in [0.25, 0.3) is 0 Å². The third-order valence-electron chi connectivity index (χ3n) is 1.47. The number of halogens is 3. The Morgan fingerprint density at radius 1 is 1.53 bits per heavy atom. The summed E-state index contributed by atoms with van der Waals surface area (Å²) in [5.41, 5.74) is 1.94. The molecule has 0 aliphatic rings. The van der Waals surface area contributed by atoms with Gasteiger partial charge >= 0.3 is 0 Å². The van der Waals surface area contributed by atoms with E-state index in [2.05, 4.69) is 15.9 Å². The number of hydrogen-bond donors (Lipinski definition) is 2. The van der Waals surface area contributed by atoms with Gasteiger partial charge in [0.15, 0.2) is 12.4 Å². The second kappa shape index (κ2) is 5.55. The molecular weight excluding hydrogens is 307 g/mol. The highest BCUT2D eigenvalue weighted by molar-refractivity contribution is 9.10. The Morgan fingerprint density at radius 2 is 2.20 bits per heavy atom. The first kappa shape index (κ1) is 12.6. The molecule has 1 amide bonds. The van der Waals surface area contributed by atoms with Crippen molar-refractivity contribution >= 4 is 45.0 Å². The maximum Gasteiger partial charge on any atom is 0.271 e. The molecule has 3 N–H and O–H groups in total. The molecule has 0 heterocycles. The van der Waals surface area contributed by atoms with Gasteiger partial charge in [-0.15, -0.1) is 0 Å². The lowest BCUT2D eigenvalue weighted by atomic mass is 10.3. The minimum atomic E-state index is -0.451. The van der Waals surface area contributed by atoms with E-state index < -0.39 is 5.91 Å². The molecule has 1 rings (SSSR count). The van der Waals surface area contributed by atoms with Crippen LogP contribution < -0.4 is 16.0 Å². The quantitative estimate of drug-likeness (QED) is 0.510. The van der Waals surface area contributed by atoms with Crippen LogP contribution in [-0.4, -0.2) is 12.5 Å². The van der Waals surface area contributed by atoms with Gasteiger partial charge in [-0.1, -0.05) is 23.2 Å². The van der Waals surface area contributed by atoms with E-state index in [1.54, 1.807) is 6.07 Å². The zero-order chi connectivity index (χ0) is 11.4. The number of rotatable bonds is 3. The summed E-state index contributed by atoms with van der Waals surface area (Å²) < 4.78 is 5.72. The molecule has 0 saturated heterocycles. The van der Waals surface area contributed by atoms with E-state index in [1.807, 2.05) is 5.43 Å². The highest BCUT2D eigenvalue weighted by Crippen LogP contribution is 2.35.